The molecule has 0 fully saturated rings. The van der Waals surface area contributed by atoms with Gasteiger partial charge in [0.25, 0.3) is 5.91 Å². The highest BCUT2D eigenvalue weighted by atomic mass is 35.5. The lowest BCUT2D eigenvalue weighted by atomic mass is 10.0. The number of unbranched alkanes of at least 4 members (excludes halogenated alkanes) is 1. The van der Waals surface area contributed by atoms with E-state index in [-0.39, 0.29) is 39.7 Å². The zero-order valence-electron chi connectivity index (χ0n) is 13.5. The van der Waals surface area contributed by atoms with Crippen LogP contribution in [-0.2, 0) is 4.79 Å². The van der Waals surface area contributed by atoms with Crippen molar-refractivity contribution in [2.75, 3.05) is 19.8 Å². The van der Waals surface area contributed by atoms with E-state index in [2.05, 4.69) is 11.9 Å². The van der Waals surface area contributed by atoms with E-state index in [4.69, 9.17) is 27.9 Å². The molecule has 0 aliphatic heterocycles. The molecule has 0 aliphatic carbocycles. The van der Waals surface area contributed by atoms with Crippen molar-refractivity contribution in [3.63, 3.8) is 0 Å². The predicted molar refractivity (Wildman–Crippen MR) is 93.9 cm³/mol. The van der Waals surface area contributed by atoms with Crippen LogP contribution in [0.3, 0.4) is 0 Å². The third-order valence-corrected chi connectivity index (χ3v) is 4.15. The van der Waals surface area contributed by atoms with E-state index in [0.29, 0.717) is 31.4 Å². The number of hydrogen-bond donors (Lipinski definition) is 1. The Morgan fingerprint density at radius 3 is 2.58 bits per heavy atom. The lowest BCUT2D eigenvalue weighted by Gasteiger charge is -2.12. The normalized spacial score (nSPS) is 10.3. The largest absolute Gasteiger partial charge is 0.482 e. The van der Waals surface area contributed by atoms with Crippen LogP contribution < -0.4 is 10.1 Å². The molecular weight excluding hydrogens is 355 g/mol. The van der Waals surface area contributed by atoms with Gasteiger partial charge in [-0.1, -0.05) is 36.7 Å². The number of hydrogen-bond acceptors (Lipinski definition) is 3. The molecular formula is C17H20Cl2FNO3. The van der Waals surface area contributed by atoms with Crippen LogP contribution in [0.15, 0.2) is 24.3 Å². The smallest absolute Gasteiger partial charge is 0.257 e. The summed E-state index contributed by atoms with van der Waals surface area (Å²) in [5, 5.41) is 2.73. The molecule has 1 aromatic carbocycles. The first-order valence-electron chi connectivity index (χ1n) is 7.58. The molecule has 1 N–H and O–H groups in total. The van der Waals surface area contributed by atoms with Gasteiger partial charge in [0.2, 0.25) is 0 Å². The van der Waals surface area contributed by atoms with Crippen molar-refractivity contribution in [2.45, 2.75) is 26.2 Å². The molecule has 1 amide bonds. The van der Waals surface area contributed by atoms with Gasteiger partial charge in [0.15, 0.2) is 12.4 Å². The summed E-state index contributed by atoms with van der Waals surface area (Å²) >= 11 is 12.2. The van der Waals surface area contributed by atoms with Gasteiger partial charge in [-0.25, -0.2) is 0 Å². The molecule has 0 saturated carbocycles. The molecule has 0 radical (unpaired) electrons. The maximum absolute atomic E-state index is 12.1. The zero-order chi connectivity index (χ0) is 18.1. The third-order valence-electron chi connectivity index (χ3n) is 3.28. The molecule has 4 nitrogen and oxygen atoms in total. The number of nitrogens with one attached hydrogen (secondary N) is 1. The maximum atomic E-state index is 12.1. The van der Waals surface area contributed by atoms with Gasteiger partial charge in [-0.15, -0.1) is 0 Å². The van der Waals surface area contributed by atoms with E-state index in [0.717, 1.165) is 0 Å². The second-order valence-corrected chi connectivity index (χ2v) is 5.82. The van der Waals surface area contributed by atoms with Crippen molar-refractivity contribution in [1.29, 1.82) is 0 Å². The highest BCUT2D eigenvalue weighted by Crippen LogP contribution is 2.35. The monoisotopic (exact) mass is 374 g/mol. The van der Waals surface area contributed by atoms with Crippen molar-refractivity contribution >= 4 is 34.9 Å². The van der Waals surface area contributed by atoms with Gasteiger partial charge in [0.1, 0.15) is 10.8 Å². The molecule has 1 aromatic rings. The second kappa shape index (κ2) is 10.3. The van der Waals surface area contributed by atoms with Crippen molar-refractivity contribution in [1.82, 2.24) is 5.32 Å². The average molecular weight is 375 g/mol. The van der Waals surface area contributed by atoms with Crippen molar-refractivity contribution in [2.24, 2.45) is 0 Å². The Balaban J connectivity index is 2.68. The van der Waals surface area contributed by atoms with Gasteiger partial charge < -0.3 is 10.1 Å². The molecule has 7 heteroatoms. The van der Waals surface area contributed by atoms with Crippen LogP contribution in [0.5, 0.6) is 5.75 Å². The molecule has 0 aliphatic rings. The summed E-state index contributed by atoms with van der Waals surface area (Å²) in [6.07, 6.45) is 1.47. The summed E-state index contributed by atoms with van der Waals surface area (Å²) < 4.78 is 17.3. The lowest BCUT2D eigenvalue weighted by molar-refractivity contribution is -0.123. The molecule has 0 bridgehead atoms. The number of carbonyl (C=O) groups is 2. The van der Waals surface area contributed by atoms with E-state index < -0.39 is 6.67 Å². The number of rotatable bonds is 10. The fourth-order valence-electron chi connectivity index (χ4n) is 1.81. The van der Waals surface area contributed by atoms with E-state index in [1.807, 2.05) is 6.92 Å². The standard InChI is InChI=1S/C17H20Cl2FNO3/c1-3-11(2)17(23)12-6-7-13(16(19)15(12)18)24-10-14(22)21-9-5-4-8-20/h6-7H,2-5,8-10H2,1H3,(H,21,22)/i20-1. The van der Waals surface area contributed by atoms with E-state index in [1.165, 1.54) is 12.1 Å². The van der Waals surface area contributed by atoms with Gasteiger partial charge in [-0.2, -0.15) is 0 Å². The van der Waals surface area contributed by atoms with Crippen molar-refractivity contribution < 1.29 is 18.7 Å². The zero-order valence-corrected chi connectivity index (χ0v) is 15.0. The number of Topliss-reactive ketones (excluding diaryl/α,β-unsaturated/α-hetero) is 1. The Morgan fingerprint density at radius 1 is 1.25 bits per heavy atom. The Kier molecular flexibility index (Phi) is 8.79. The quantitative estimate of drug-likeness (QED) is 0.375. The number of allylic oxidation sites excluding steroid dienone is 1. The van der Waals surface area contributed by atoms with Gasteiger partial charge in [-0.05, 0) is 37.0 Å². The number of carbonyl (C=O) groups excluding carboxylic acids is 2. The molecule has 0 spiro atoms. The molecule has 0 saturated heterocycles. The molecule has 0 heterocycles. The summed E-state index contributed by atoms with van der Waals surface area (Å²) in [5.74, 6) is -0.415. The second-order valence-electron chi connectivity index (χ2n) is 5.06. The fourth-order valence-corrected chi connectivity index (χ4v) is 2.27. The van der Waals surface area contributed by atoms with Crippen LogP contribution in [0.4, 0.5) is 4.39 Å². The van der Waals surface area contributed by atoms with E-state index in [1.54, 1.807) is 0 Å². The molecule has 0 unspecified atom stereocenters. The highest BCUT2D eigenvalue weighted by Gasteiger charge is 2.18. The van der Waals surface area contributed by atoms with E-state index >= 15 is 0 Å². The Labute approximate surface area is 151 Å². The van der Waals surface area contributed by atoms with Gasteiger partial charge in [0.05, 0.1) is 11.7 Å². The van der Waals surface area contributed by atoms with E-state index in [9.17, 15) is 14.0 Å². The Morgan fingerprint density at radius 2 is 1.96 bits per heavy atom. The fraction of sp³-hybridized carbons (Fsp3) is 0.412. The number of ether oxygens (including phenoxy) is 1. The summed E-state index contributed by atoms with van der Waals surface area (Å²) in [5.41, 5.74) is 0.672. The summed E-state index contributed by atoms with van der Waals surface area (Å²) in [4.78, 5) is 23.7. The Bertz CT molecular complexity index is 620. The average Bonchev–Trinajstić information content (AvgIpc) is 2.58. The van der Waals surface area contributed by atoms with Crippen LogP contribution in [-0.4, -0.2) is 31.5 Å². The van der Waals surface area contributed by atoms with Gasteiger partial charge in [-0.3, -0.25) is 14.0 Å². The van der Waals surface area contributed by atoms with Gasteiger partial charge >= 0.3 is 0 Å². The van der Waals surface area contributed by atoms with Crippen LogP contribution in [0.2, 0.25) is 10.0 Å². The minimum Gasteiger partial charge on any atom is -0.482 e. The maximum Gasteiger partial charge on any atom is 0.257 e. The minimum absolute atomic E-state index is 0.0663. The van der Waals surface area contributed by atoms with Crippen molar-refractivity contribution in [3.05, 3.63) is 39.9 Å². The molecule has 132 valence electrons. The lowest BCUT2D eigenvalue weighted by Crippen LogP contribution is -2.29. The highest BCUT2D eigenvalue weighted by molar-refractivity contribution is 6.45. The first-order valence-corrected chi connectivity index (χ1v) is 8.33. The number of amides is 1. The van der Waals surface area contributed by atoms with Gasteiger partial charge in [0, 0.05) is 12.1 Å². The number of halogens is 3. The van der Waals surface area contributed by atoms with Crippen LogP contribution in [0.1, 0.15) is 36.5 Å². The third kappa shape index (κ3) is 5.80. The molecule has 1 rings (SSSR count). The topological polar surface area (TPSA) is 55.4 Å². The Hall–Kier alpha value is -1.59. The summed E-state index contributed by atoms with van der Waals surface area (Å²) in [7, 11) is 0. The molecule has 24 heavy (non-hydrogen) atoms. The van der Waals surface area contributed by atoms with Crippen molar-refractivity contribution in [3.8, 4) is 5.75 Å². The molecule has 0 atom stereocenters. The van der Waals surface area contributed by atoms with Crippen LogP contribution in [0, 0.1) is 0 Å². The summed E-state index contributed by atoms with van der Waals surface area (Å²) in [6, 6.07) is 2.98. The number of alkyl halides is 1. The number of benzene rings is 1. The SMILES string of the molecule is C=C(CC)C(=O)c1ccc(OCC(=O)NCCCC[18F])c(Cl)c1Cl. The number of ketones is 1. The summed E-state index contributed by atoms with van der Waals surface area (Å²) in [6.45, 7) is 5.23. The van der Waals surface area contributed by atoms with Crippen LogP contribution >= 0.6 is 23.2 Å². The minimum atomic E-state index is -0.407. The van der Waals surface area contributed by atoms with Crippen LogP contribution in [0.25, 0.3) is 0 Å². The first-order chi connectivity index (χ1) is 11.4. The predicted octanol–water partition coefficient (Wildman–Crippen LogP) is 4.39. The first kappa shape index (κ1) is 20.5. The molecule has 0 aromatic heterocycles.